The van der Waals surface area contributed by atoms with E-state index in [4.69, 9.17) is 21.1 Å². The van der Waals surface area contributed by atoms with Crippen molar-refractivity contribution in [1.29, 1.82) is 0 Å². The van der Waals surface area contributed by atoms with Gasteiger partial charge in [-0.1, -0.05) is 23.7 Å². The number of nitro groups is 1. The summed E-state index contributed by atoms with van der Waals surface area (Å²) in [5, 5.41) is 11.4. The molecule has 1 rings (SSSR count). The van der Waals surface area contributed by atoms with Gasteiger partial charge in [0.2, 0.25) is 6.54 Å². The van der Waals surface area contributed by atoms with Gasteiger partial charge in [0.05, 0.1) is 19.1 Å². The van der Waals surface area contributed by atoms with E-state index in [1.54, 1.807) is 26.0 Å². The summed E-state index contributed by atoms with van der Waals surface area (Å²) in [5.41, 5.74) is 0.442. The predicted octanol–water partition coefficient (Wildman–Crippen LogP) is 2.44. The van der Waals surface area contributed by atoms with Crippen molar-refractivity contribution in [2.45, 2.75) is 19.8 Å². The largest absolute Gasteiger partial charge is 0.465 e. The summed E-state index contributed by atoms with van der Waals surface area (Å²) >= 11 is 5.81. The Morgan fingerprint density at radius 3 is 2.00 bits per heavy atom. The predicted molar refractivity (Wildman–Crippen MR) is 82.8 cm³/mol. The first kappa shape index (κ1) is 18.9. The van der Waals surface area contributed by atoms with Crippen molar-refractivity contribution in [1.82, 2.24) is 0 Å². The molecule has 0 aliphatic heterocycles. The van der Waals surface area contributed by atoms with Crippen molar-refractivity contribution < 1.29 is 24.0 Å². The number of esters is 2. The first-order valence-electron chi connectivity index (χ1n) is 7.11. The molecule has 0 radical (unpaired) electrons. The molecule has 0 N–H and O–H groups in total. The molecule has 0 aromatic heterocycles. The number of ether oxygens (including phenoxy) is 2. The summed E-state index contributed by atoms with van der Waals surface area (Å²) in [7, 11) is 0. The smallest absolute Gasteiger partial charge is 0.321 e. The Labute approximate surface area is 138 Å². The SMILES string of the molecule is CCOC(=O)C(C(=O)OCC)C(C[N+](=O)[O-])c1ccc(Cl)cc1. The first-order chi connectivity index (χ1) is 10.9. The van der Waals surface area contributed by atoms with Crippen LogP contribution in [-0.2, 0) is 19.1 Å². The van der Waals surface area contributed by atoms with Crippen LogP contribution in [0.3, 0.4) is 0 Å². The zero-order chi connectivity index (χ0) is 17.4. The first-order valence-corrected chi connectivity index (χ1v) is 7.49. The molecule has 0 aliphatic carbocycles. The molecule has 0 amide bonds. The Bertz CT molecular complexity index is 542. The highest BCUT2D eigenvalue weighted by Crippen LogP contribution is 2.28. The van der Waals surface area contributed by atoms with Crippen LogP contribution in [0, 0.1) is 16.0 Å². The summed E-state index contributed by atoms with van der Waals surface area (Å²) < 4.78 is 9.78. The zero-order valence-corrected chi connectivity index (χ0v) is 13.6. The number of nitrogens with zero attached hydrogens (tertiary/aromatic N) is 1. The Kier molecular flexibility index (Phi) is 7.47. The van der Waals surface area contributed by atoms with Gasteiger partial charge in [-0.15, -0.1) is 0 Å². The Morgan fingerprint density at radius 1 is 1.13 bits per heavy atom. The summed E-state index contributed by atoms with van der Waals surface area (Å²) in [6, 6.07) is 6.16. The molecule has 1 atom stereocenters. The third kappa shape index (κ3) is 5.52. The van der Waals surface area contributed by atoms with Crippen LogP contribution in [0.25, 0.3) is 0 Å². The fraction of sp³-hybridized carbons (Fsp3) is 0.467. The van der Waals surface area contributed by atoms with Gasteiger partial charge in [0, 0.05) is 9.95 Å². The van der Waals surface area contributed by atoms with Gasteiger partial charge in [0.15, 0.2) is 5.92 Å². The molecule has 7 nitrogen and oxygen atoms in total. The highest BCUT2D eigenvalue weighted by atomic mass is 35.5. The second-order valence-corrected chi connectivity index (χ2v) is 5.09. The van der Waals surface area contributed by atoms with E-state index in [1.807, 2.05) is 0 Å². The molecule has 0 fully saturated rings. The van der Waals surface area contributed by atoms with Gasteiger partial charge in [-0.05, 0) is 31.5 Å². The second-order valence-electron chi connectivity index (χ2n) is 4.66. The molecule has 0 spiro atoms. The van der Waals surface area contributed by atoms with E-state index in [9.17, 15) is 19.7 Å². The van der Waals surface area contributed by atoms with Crippen LogP contribution in [0.5, 0.6) is 0 Å². The summed E-state index contributed by atoms with van der Waals surface area (Å²) in [6.07, 6.45) is 0. The lowest BCUT2D eigenvalue weighted by molar-refractivity contribution is -0.484. The number of carbonyl (C=O) groups is 2. The number of hydrogen-bond acceptors (Lipinski definition) is 6. The molecule has 1 unspecified atom stereocenters. The average Bonchev–Trinajstić information content (AvgIpc) is 2.47. The second kappa shape index (κ2) is 9.09. The van der Waals surface area contributed by atoms with Crippen molar-refractivity contribution in [3.63, 3.8) is 0 Å². The summed E-state index contributed by atoms with van der Waals surface area (Å²) in [4.78, 5) is 34.7. The standard InChI is InChI=1S/C15H18ClNO6/c1-3-22-14(18)13(15(19)23-4-2)12(9-17(20)21)10-5-7-11(16)8-6-10/h5-8,12-13H,3-4,9H2,1-2H3. The van der Waals surface area contributed by atoms with Gasteiger partial charge >= 0.3 is 11.9 Å². The molecule has 0 saturated heterocycles. The Hall–Kier alpha value is -2.15. The molecule has 8 heteroatoms. The topological polar surface area (TPSA) is 95.7 Å². The van der Waals surface area contributed by atoms with Crippen molar-refractivity contribution in [2.75, 3.05) is 19.8 Å². The molecule has 1 aromatic rings. The molecule has 0 bridgehead atoms. The van der Waals surface area contributed by atoms with Gasteiger partial charge in [-0.3, -0.25) is 19.7 Å². The minimum atomic E-state index is -1.40. The number of rotatable bonds is 8. The van der Waals surface area contributed by atoms with Crippen LogP contribution in [0.1, 0.15) is 25.3 Å². The van der Waals surface area contributed by atoms with Crippen molar-refractivity contribution in [2.24, 2.45) is 5.92 Å². The van der Waals surface area contributed by atoms with Crippen LogP contribution in [-0.4, -0.2) is 36.6 Å². The van der Waals surface area contributed by atoms with E-state index < -0.39 is 35.2 Å². The molecular weight excluding hydrogens is 326 g/mol. The van der Waals surface area contributed by atoms with E-state index >= 15 is 0 Å². The third-order valence-corrected chi connectivity index (χ3v) is 3.38. The molecule has 1 aromatic carbocycles. The normalized spacial score (nSPS) is 11.8. The Morgan fingerprint density at radius 2 is 1.61 bits per heavy atom. The van der Waals surface area contributed by atoms with Crippen molar-refractivity contribution in [3.8, 4) is 0 Å². The highest BCUT2D eigenvalue weighted by molar-refractivity contribution is 6.30. The maximum absolute atomic E-state index is 12.2. The third-order valence-electron chi connectivity index (χ3n) is 3.13. The number of benzene rings is 1. The van der Waals surface area contributed by atoms with E-state index in [1.165, 1.54) is 12.1 Å². The van der Waals surface area contributed by atoms with E-state index in [0.29, 0.717) is 10.6 Å². The number of halogens is 1. The lowest BCUT2D eigenvalue weighted by atomic mass is 9.86. The fourth-order valence-corrected chi connectivity index (χ4v) is 2.29. The highest BCUT2D eigenvalue weighted by Gasteiger charge is 2.41. The van der Waals surface area contributed by atoms with Gasteiger partial charge < -0.3 is 9.47 Å². The maximum atomic E-state index is 12.2. The molecular formula is C15H18ClNO6. The van der Waals surface area contributed by atoms with Crippen LogP contribution < -0.4 is 0 Å². The van der Waals surface area contributed by atoms with Crippen LogP contribution in [0.4, 0.5) is 0 Å². The molecule has 0 aliphatic rings. The minimum absolute atomic E-state index is 0.0561. The van der Waals surface area contributed by atoms with E-state index in [-0.39, 0.29) is 13.2 Å². The quantitative estimate of drug-likeness (QED) is 0.311. The van der Waals surface area contributed by atoms with Crippen LogP contribution in [0.15, 0.2) is 24.3 Å². The van der Waals surface area contributed by atoms with Crippen LogP contribution >= 0.6 is 11.6 Å². The fourth-order valence-electron chi connectivity index (χ4n) is 2.16. The monoisotopic (exact) mass is 343 g/mol. The summed E-state index contributed by atoms with van der Waals surface area (Å²) in [6.45, 7) is 2.68. The van der Waals surface area contributed by atoms with Crippen molar-refractivity contribution in [3.05, 3.63) is 45.0 Å². The minimum Gasteiger partial charge on any atom is -0.465 e. The van der Waals surface area contributed by atoms with Gasteiger partial charge in [0.1, 0.15) is 0 Å². The summed E-state index contributed by atoms with van der Waals surface area (Å²) in [5.74, 6) is -4.08. The number of hydrogen-bond donors (Lipinski definition) is 0. The van der Waals surface area contributed by atoms with E-state index in [0.717, 1.165) is 0 Å². The van der Waals surface area contributed by atoms with E-state index in [2.05, 4.69) is 0 Å². The average molecular weight is 344 g/mol. The van der Waals surface area contributed by atoms with Gasteiger partial charge in [-0.25, -0.2) is 0 Å². The number of carbonyl (C=O) groups excluding carboxylic acids is 2. The molecule has 23 heavy (non-hydrogen) atoms. The van der Waals surface area contributed by atoms with Crippen LogP contribution in [0.2, 0.25) is 5.02 Å². The lowest BCUT2D eigenvalue weighted by Gasteiger charge is -2.21. The molecule has 0 heterocycles. The van der Waals surface area contributed by atoms with Gasteiger partial charge in [-0.2, -0.15) is 0 Å². The zero-order valence-electron chi connectivity index (χ0n) is 12.9. The lowest BCUT2D eigenvalue weighted by Crippen LogP contribution is -2.36. The maximum Gasteiger partial charge on any atom is 0.321 e. The Balaban J connectivity index is 3.24. The molecule has 126 valence electrons. The molecule has 0 saturated carbocycles. The van der Waals surface area contributed by atoms with Gasteiger partial charge in [0.25, 0.3) is 0 Å². The van der Waals surface area contributed by atoms with Crippen molar-refractivity contribution >= 4 is 23.5 Å².